The number of unbranched alkanes of at least 4 members (excludes halogenated alkanes) is 8. The Balaban J connectivity index is 0. The summed E-state index contributed by atoms with van der Waals surface area (Å²) >= 11 is 0. The SMILES string of the molecule is C=C(C)C(=O)OCCCCCCCCCCCC(=O)OC.CCOCC. The Morgan fingerprint density at radius 1 is 0.808 bits per heavy atom. The van der Waals surface area contributed by atoms with E-state index < -0.39 is 0 Å². The van der Waals surface area contributed by atoms with Gasteiger partial charge in [0.15, 0.2) is 0 Å². The van der Waals surface area contributed by atoms with E-state index in [4.69, 9.17) is 9.47 Å². The van der Waals surface area contributed by atoms with E-state index >= 15 is 0 Å². The lowest BCUT2D eigenvalue weighted by Gasteiger charge is -2.04. The minimum atomic E-state index is -0.290. The van der Waals surface area contributed by atoms with Crippen LogP contribution in [0.1, 0.15) is 85.0 Å². The van der Waals surface area contributed by atoms with Crippen LogP contribution < -0.4 is 0 Å². The minimum absolute atomic E-state index is 0.109. The van der Waals surface area contributed by atoms with Gasteiger partial charge in [-0.1, -0.05) is 51.5 Å². The van der Waals surface area contributed by atoms with Crippen molar-refractivity contribution in [3.05, 3.63) is 12.2 Å². The van der Waals surface area contributed by atoms with E-state index in [2.05, 4.69) is 11.3 Å². The lowest BCUT2D eigenvalue weighted by molar-refractivity contribution is -0.141. The Kier molecular flexibility index (Phi) is 22.4. The van der Waals surface area contributed by atoms with Crippen molar-refractivity contribution in [2.24, 2.45) is 0 Å². The summed E-state index contributed by atoms with van der Waals surface area (Å²) in [6.07, 6.45) is 10.7. The number of carbonyl (C=O) groups is 2. The Morgan fingerprint density at radius 2 is 1.27 bits per heavy atom. The van der Waals surface area contributed by atoms with Gasteiger partial charge >= 0.3 is 11.9 Å². The number of hydrogen-bond acceptors (Lipinski definition) is 5. The molecule has 0 atom stereocenters. The second kappa shape index (κ2) is 21.7. The first-order chi connectivity index (χ1) is 12.5. The van der Waals surface area contributed by atoms with E-state index in [-0.39, 0.29) is 11.9 Å². The molecule has 154 valence electrons. The van der Waals surface area contributed by atoms with E-state index in [1.807, 2.05) is 13.8 Å². The van der Waals surface area contributed by atoms with E-state index in [9.17, 15) is 9.59 Å². The molecule has 5 heteroatoms. The van der Waals surface area contributed by atoms with Crippen molar-refractivity contribution in [1.82, 2.24) is 0 Å². The summed E-state index contributed by atoms with van der Waals surface area (Å²) in [6, 6.07) is 0. The number of rotatable bonds is 15. The number of carbonyl (C=O) groups excluding carboxylic acids is 2. The molecule has 0 aromatic rings. The van der Waals surface area contributed by atoms with Crippen LogP contribution in [0, 0.1) is 0 Å². The molecule has 0 amide bonds. The van der Waals surface area contributed by atoms with E-state index in [1.165, 1.54) is 39.2 Å². The van der Waals surface area contributed by atoms with E-state index in [0.717, 1.165) is 38.9 Å². The third-order valence-electron chi connectivity index (χ3n) is 3.74. The zero-order chi connectivity index (χ0) is 20.0. The first-order valence-electron chi connectivity index (χ1n) is 9.96. The molecule has 0 saturated carbocycles. The lowest BCUT2D eigenvalue weighted by atomic mass is 10.1. The zero-order valence-corrected chi connectivity index (χ0v) is 17.4. The van der Waals surface area contributed by atoms with Crippen LogP contribution in [-0.4, -0.2) is 38.9 Å². The summed E-state index contributed by atoms with van der Waals surface area (Å²) in [5.41, 5.74) is 0.460. The molecule has 5 nitrogen and oxygen atoms in total. The molecular weight excluding hydrogens is 332 g/mol. The molecule has 0 fully saturated rings. The van der Waals surface area contributed by atoms with Crippen LogP contribution in [0.2, 0.25) is 0 Å². The first kappa shape index (κ1) is 26.9. The topological polar surface area (TPSA) is 61.8 Å². The fraction of sp³-hybridized carbons (Fsp3) is 0.810. The molecule has 26 heavy (non-hydrogen) atoms. The van der Waals surface area contributed by atoms with Gasteiger partial charge in [0, 0.05) is 25.2 Å². The minimum Gasteiger partial charge on any atom is -0.469 e. The fourth-order valence-corrected chi connectivity index (χ4v) is 2.20. The fourth-order valence-electron chi connectivity index (χ4n) is 2.20. The maximum absolute atomic E-state index is 11.1. The van der Waals surface area contributed by atoms with Gasteiger partial charge in [-0.3, -0.25) is 4.79 Å². The zero-order valence-electron chi connectivity index (χ0n) is 17.4. The molecule has 0 saturated heterocycles. The van der Waals surface area contributed by atoms with Crippen molar-refractivity contribution in [3.63, 3.8) is 0 Å². The quantitative estimate of drug-likeness (QED) is 0.224. The number of methoxy groups -OCH3 is 1. The normalized spacial score (nSPS) is 9.85. The predicted octanol–water partition coefficient (Wildman–Crippen LogP) is 5.22. The highest BCUT2D eigenvalue weighted by Gasteiger charge is 2.02. The number of ether oxygens (including phenoxy) is 3. The van der Waals surface area contributed by atoms with Crippen molar-refractivity contribution in [2.45, 2.75) is 85.0 Å². The molecule has 0 aliphatic rings. The Morgan fingerprint density at radius 3 is 1.65 bits per heavy atom. The molecule has 0 spiro atoms. The summed E-state index contributed by atoms with van der Waals surface area (Å²) < 4.78 is 14.5. The number of hydrogen-bond donors (Lipinski definition) is 0. The van der Waals surface area contributed by atoms with Crippen LogP contribution in [0.15, 0.2) is 12.2 Å². The molecule has 0 rings (SSSR count). The maximum atomic E-state index is 11.1. The van der Waals surface area contributed by atoms with Gasteiger partial charge in [0.2, 0.25) is 0 Å². The van der Waals surface area contributed by atoms with Crippen LogP contribution in [-0.2, 0) is 23.8 Å². The Labute approximate surface area is 160 Å². The van der Waals surface area contributed by atoms with Gasteiger partial charge in [-0.25, -0.2) is 4.79 Å². The second-order valence-corrected chi connectivity index (χ2v) is 6.21. The third kappa shape index (κ3) is 22.6. The van der Waals surface area contributed by atoms with E-state index in [0.29, 0.717) is 18.6 Å². The predicted molar refractivity (Wildman–Crippen MR) is 106 cm³/mol. The molecule has 0 aromatic carbocycles. The van der Waals surface area contributed by atoms with Crippen molar-refractivity contribution in [2.75, 3.05) is 26.9 Å². The highest BCUT2D eigenvalue weighted by molar-refractivity contribution is 5.86. The van der Waals surface area contributed by atoms with Gasteiger partial charge < -0.3 is 14.2 Å². The smallest absolute Gasteiger partial charge is 0.333 e. The van der Waals surface area contributed by atoms with Crippen molar-refractivity contribution in [1.29, 1.82) is 0 Å². The summed E-state index contributed by atoms with van der Waals surface area (Å²) in [5.74, 6) is -0.399. The average Bonchev–Trinajstić information content (AvgIpc) is 2.63. The average molecular weight is 373 g/mol. The Hall–Kier alpha value is -1.36. The summed E-state index contributed by atoms with van der Waals surface area (Å²) in [6.45, 7) is 11.4. The summed E-state index contributed by atoms with van der Waals surface area (Å²) in [5, 5.41) is 0. The van der Waals surface area contributed by atoms with Gasteiger partial charge in [-0.2, -0.15) is 0 Å². The molecule has 0 aliphatic carbocycles. The van der Waals surface area contributed by atoms with Crippen LogP contribution in [0.4, 0.5) is 0 Å². The molecule has 0 N–H and O–H groups in total. The van der Waals surface area contributed by atoms with E-state index in [1.54, 1.807) is 6.92 Å². The summed E-state index contributed by atoms with van der Waals surface area (Å²) in [7, 11) is 1.43. The van der Waals surface area contributed by atoms with Crippen molar-refractivity contribution < 1.29 is 23.8 Å². The molecule has 0 radical (unpaired) electrons. The standard InChI is InChI=1S/C17H30O4.C4H10O/c1-15(2)17(19)21-14-12-10-8-6-4-5-7-9-11-13-16(18)20-3;1-3-5-4-2/h1,4-14H2,2-3H3;3-4H2,1-2H3. The highest BCUT2D eigenvalue weighted by atomic mass is 16.5. The molecule has 0 unspecified atom stereocenters. The summed E-state index contributed by atoms with van der Waals surface area (Å²) in [4.78, 5) is 22.0. The van der Waals surface area contributed by atoms with Crippen molar-refractivity contribution >= 4 is 11.9 Å². The number of esters is 2. The van der Waals surface area contributed by atoms with Gasteiger partial charge in [0.05, 0.1) is 13.7 Å². The maximum Gasteiger partial charge on any atom is 0.333 e. The van der Waals surface area contributed by atoms with Crippen LogP contribution >= 0.6 is 0 Å². The van der Waals surface area contributed by atoms with Crippen LogP contribution in [0.3, 0.4) is 0 Å². The highest BCUT2D eigenvalue weighted by Crippen LogP contribution is 2.11. The van der Waals surface area contributed by atoms with Crippen molar-refractivity contribution in [3.8, 4) is 0 Å². The largest absolute Gasteiger partial charge is 0.469 e. The van der Waals surface area contributed by atoms with Crippen LogP contribution in [0.5, 0.6) is 0 Å². The molecular formula is C21H40O5. The van der Waals surface area contributed by atoms with Gasteiger partial charge in [0.25, 0.3) is 0 Å². The first-order valence-corrected chi connectivity index (χ1v) is 9.96. The monoisotopic (exact) mass is 372 g/mol. The molecule has 0 bridgehead atoms. The van der Waals surface area contributed by atoms with Gasteiger partial charge in [0.1, 0.15) is 0 Å². The lowest BCUT2D eigenvalue weighted by Crippen LogP contribution is -2.05. The molecule has 0 heterocycles. The Bertz CT molecular complexity index is 350. The second-order valence-electron chi connectivity index (χ2n) is 6.21. The molecule has 0 aromatic heterocycles. The van der Waals surface area contributed by atoms with Gasteiger partial charge in [-0.15, -0.1) is 0 Å². The van der Waals surface area contributed by atoms with Gasteiger partial charge in [-0.05, 0) is 33.6 Å². The third-order valence-corrected chi connectivity index (χ3v) is 3.74. The van der Waals surface area contributed by atoms with Crippen LogP contribution in [0.25, 0.3) is 0 Å². The molecule has 0 aliphatic heterocycles.